The zero-order chi connectivity index (χ0) is 25.5. The molecule has 0 spiro atoms. The molecular formula is C27H22N4O4S. The molecule has 2 aromatic carbocycles. The molecule has 4 aromatic rings. The van der Waals surface area contributed by atoms with Crippen molar-refractivity contribution in [2.24, 2.45) is 0 Å². The Bertz CT molecular complexity index is 1620. The van der Waals surface area contributed by atoms with Gasteiger partial charge in [-0.05, 0) is 49.4 Å². The van der Waals surface area contributed by atoms with Crippen molar-refractivity contribution in [1.29, 1.82) is 5.26 Å². The maximum absolute atomic E-state index is 13.6. The second-order valence-electron chi connectivity index (χ2n) is 7.35. The van der Waals surface area contributed by atoms with Gasteiger partial charge in [0.2, 0.25) is 0 Å². The molecule has 9 heteroatoms. The summed E-state index contributed by atoms with van der Waals surface area (Å²) in [5.41, 5.74) is 0.769. The summed E-state index contributed by atoms with van der Waals surface area (Å²) in [4.78, 5) is 31.2. The van der Waals surface area contributed by atoms with Crippen molar-refractivity contribution in [3.8, 4) is 23.3 Å². The number of amides is 1. The Morgan fingerprint density at radius 2 is 1.83 bits per heavy atom. The van der Waals surface area contributed by atoms with Gasteiger partial charge in [0.15, 0.2) is 5.57 Å². The summed E-state index contributed by atoms with van der Waals surface area (Å²) in [5.74, 6) is 0.226. The standard InChI is InChI=1S/C27H22N4O4S/c1-3-35-22-13-6-4-11-20(22)30-25(32)19(17-28)27-31(21-12-5-7-14-23(21)34-2)26(33)24(36-27)16-18-10-8-9-15-29-18/h4-16H,3H2,1-2H3,(H,30,32)/b24-16-,27-19-. The van der Waals surface area contributed by atoms with Crippen LogP contribution < -0.4 is 29.5 Å². The average molecular weight is 499 g/mol. The van der Waals surface area contributed by atoms with Gasteiger partial charge in [-0.3, -0.25) is 19.1 Å². The minimum atomic E-state index is -0.668. The number of carbonyl (C=O) groups is 1. The molecule has 4 rings (SSSR count). The third-order valence-corrected chi connectivity index (χ3v) is 6.20. The number of nitriles is 1. The summed E-state index contributed by atoms with van der Waals surface area (Å²) >= 11 is 1.03. The number of aromatic nitrogens is 2. The molecule has 0 aliphatic rings. The third kappa shape index (κ3) is 5.04. The Morgan fingerprint density at radius 1 is 1.11 bits per heavy atom. The molecule has 8 nitrogen and oxygen atoms in total. The van der Waals surface area contributed by atoms with Gasteiger partial charge in [0.25, 0.3) is 11.5 Å². The highest BCUT2D eigenvalue weighted by molar-refractivity contribution is 7.07. The first-order valence-corrected chi connectivity index (χ1v) is 11.8. The van der Waals surface area contributed by atoms with Gasteiger partial charge in [0.05, 0.1) is 35.3 Å². The van der Waals surface area contributed by atoms with Crippen molar-refractivity contribution < 1.29 is 14.3 Å². The minimum Gasteiger partial charge on any atom is -0.495 e. The Morgan fingerprint density at radius 3 is 2.53 bits per heavy atom. The van der Waals surface area contributed by atoms with E-state index in [-0.39, 0.29) is 10.2 Å². The SMILES string of the molecule is CCOc1ccccc1NC(=O)/C(C#N)=c1\s/c(=C\c2ccccn2)c(=O)n1-c1ccccc1OC. The van der Waals surface area contributed by atoms with Crippen molar-refractivity contribution in [1.82, 2.24) is 9.55 Å². The van der Waals surface area contributed by atoms with Crippen LogP contribution in [-0.2, 0) is 4.79 Å². The monoisotopic (exact) mass is 498 g/mol. The Kier molecular flexibility index (Phi) is 7.58. The molecule has 1 N–H and O–H groups in total. The first-order valence-electron chi connectivity index (χ1n) is 11.0. The fourth-order valence-electron chi connectivity index (χ4n) is 3.51. The lowest BCUT2D eigenvalue weighted by molar-refractivity contribution is -0.111. The van der Waals surface area contributed by atoms with Crippen LogP contribution in [0.25, 0.3) is 17.3 Å². The van der Waals surface area contributed by atoms with E-state index in [4.69, 9.17) is 9.47 Å². The topological polar surface area (TPSA) is 106 Å². The van der Waals surface area contributed by atoms with Crippen LogP contribution in [0.5, 0.6) is 11.5 Å². The van der Waals surface area contributed by atoms with E-state index >= 15 is 0 Å². The van der Waals surface area contributed by atoms with E-state index in [1.807, 2.05) is 19.1 Å². The second-order valence-corrected chi connectivity index (χ2v) is 8.38. The maximum Gasteiger partial charge on any atom is 0.273 e. The Hall–Kier alpha value is -4.68. The number of methoxy groups -OCH3 is 1. The molecule has 0 saturated carbocycles. The third-order valence-electron chi connectivity index (χ3n) is 5.10. The van der Waals surface area contributed by atoms with E-state index in [0.29, 0.717) is 39.7 Å². The number of hydrogen-bond acceptors (Lipinski definition) is 7. The largest absolute Gasteiger partial charge is 0.495 e. The summed E-state index contributed by atoms with van der Waals surface area (Å²) < 4.78 is 12.8. The number of thiazole rings is 1. The van der Waals surface area contributed by atoms with Gasteiger partial charge in [-0.15, -0.1) is 11.3 Å². The van der Waals surface area contributed by atoms with Gasteiger partial charge in [-0.1, -0.05) is 30.3 Å². The highest BCUT2D eigenvalue weighted by Crippen LogP contribution is 2.24. The number of nitrogens with one attached hydrogen (secondary N) is 1. The fraction of sp³-hybridized carbons (Fsp3) is 0.111. The minimum absolute atomic E-state index is 0.167. The fourth-order valence-corrected chi connectivity index (χ4v) is 4.59. The lowest BCUT2D eigenvalue weighted by Gasteiger charge is -2.11. The molecule has 0 atom stereocenters. The predicted octanol–water partition coefficient (Wildman–Crippen LogP) is 2.84. The quantitative estimate of drug-likeness (QED) is 0.420. The number of ether oxygens (including phenoxy) is 2. The van der Waals surface area contributed by atoms with Crippen molar-refractivity contribution in [3.63, 3.8) is 0 Å². The molecule has 1 amide bonds. The number of anilines is 1. The number of pyridine rings is 1. The van der Waals surface area contributed by atoms with E-state index in [0.717, 1.165) is 11.3 Å². The van der Waals surface area contributed by atoms with Crippen LogP contribution in [0.2, 0.25) is 0 Å². The first kappa shape index (κ1) is 24.4. The molecular weight excluding hydrogens is 476 g/mol. The van der Waals surface area contributed by atoms with Gasteiger partial charge in [-0.25, -0.2) is 0 Å². The van der Waals surface area contributed by atoms with Crippen LogP contribution in [0.1, 0.15) is 12.6 Å². The zero-order valence-corrected chi connectivity index (χ0v) is 20.4. The van der Waals surface area contributed by atoms with Gasteiger partial charge in [0.1, 0.15) is 22.2 Å². The molecule has 0 bridgehead atoms. The normalized spacial score (nSPS) is 12.0. The molecule has 0 aliphatic carbocycles. The van der Waals surface area contributed by atoms with E-state index in [1.54, 1.807) is 72.9 Å². The number of rotatable bonds is 7. The molecule has 180 valence electrons. The lowest BCUT2D eigenvalue weighted by atomic mass is 10.2. The van der Waals surface area contributed by atoms with Crippen molar-refractivity contribution in [2.45, 2.75) is 6.92 Å². The summed E-state index contributed by atoms with van der Waals surface area (Å²) in [5, 5.41) is 12.8. The van der Waals surface area contributed by atoms with E-state index in [1.165, 1.54) is 11.7 Å². The molecule has 0 saturated heterocycles. The lowest BCUT2D eigenvalue weighted by Crippen LogP contribution is -2.32. The summed E-state index contributed by atoms with van der Waals surface area (Å²) in [6.07, 6.45) is 3.24. The number of carbonyl (C=O) groups excluding carboxylic acids is 1. The summed E-state index contributed by atoms with van der Waals surface area (Å²) in [6.45, 7) is 2.25. The van der Waals surface area contributed by atoms with Gasteiger partial charge in [0, 0.05) is 6.20 Å². The molecule has 2 heterocycles. The van der Waals surface area contributed by atoms with Crippen molar-refractivity contribution >= 4 is 34.6 Å². The summed E-state index contributed by atoms with van der Waals surface area (Å²) in [6, 6.07) is 21.2. The van der Waals surface area contributed by atoms with Crippen molar-refractivity contribution in [2.75, 3.05) is 19.0 Å². The van der Waals surface area contributed by atoms with Gasteiger partial charge < -0.3 is 14.8 Å². The van der Waals surface area contributed by atoms with Gasteiger partial charge in [-0.2, -0.15) is 5.26 Å². The number of hydrogen-bond donors (Lipinski definition) is 1. The molecule has 0 unspecified atom stereocenters. The van der Waals surface area contributed by atoms with Crippen LogP contribution in [0, 0.1) is 11.3 Å². The smallest absolute Gasteiger partial charge is 0.273 e. The average Bonchev–Trinajstić information content (AvgIpc) is 3.21. The number of nitrogens with zero attached hydrogens (tertiary/aromatic N) is 3. The maximum atomic E-state index is 13.6. The first-order chi connectivity index (χ1) is 17.6. The van der Waals surface area contributed by atoms with Gasteiger partial charge >= 0.3 is 0 Å². The van der Waals surface area contributed by atoms with E-state index < -0.39 is 11.5 Å². The van der Waals surface area contributed by atoms with Crippen LogP contribution >= 0.6 is 11.3 Å². The van der Waals surface area contributed by atoms with E-state index in [9.17, 15) is 14.9 Å². The highest BCUT2D eigenvalue weighted by Gasteiger charge is 2.20. The van der Waals surface area contributed by atoms with Crippen LogP contribution in [0.4, 0.5) is 5.69 Å². The number of benzene rings is 2. The van der Waals surface area contributed by atoms with Crippen LogP contribution in [-0.4, -0.2) is 29.2 Å². The molecule has 0 aliphatic heterocycles. The molecule has 36 heavy (non-hydrogen) atoms. The summed E-state index contributed by atoms with van der Waals surface area (Å²) in [7, 11) is 1.49. The van der Waals surface area contributed by atoms with E-state index in [2.05, 4.69) is 10.3 Å². The molecule has 0 radical (unpaired) electrons. The number of para-hydroxylation sites is 4. The zero-order valence-electron chi connectivity index (χ0n) is 19.6. The Balaban J connectivity index is 1.97. The second kappa shape index (κ2) is 11.2. The highest BCUT2D eigenvalue weighted by atomic mass is 32.1. The van der Waals surface area contributed by atoms with Crippen LogP contribution in [0.15, 0.2) is 77.7 Å². The molecule has 2 aromatic heterocycles. The Labute approximate surface area is 211 Å². The molecule has 0 fully saturated rings. The van der Waals surface area contributed by atoms with Crippen LogP contribution in [0.3, 0.4) is 0 Å². The predicted molar refractivity (Wildman–Crippen MR) is 139 cm³/mol. The van der Waals surface area contributed by atoms with Crippen molar-refractivity contribution in [3.05, 3.63) is 98.2 Å².